The molecule has 2 atom stereocenters. The zero-order chi connectivity index (χ0) is 20.0. The number of aliphatic hydroxyl groups excluding tert-OH is 1. The van der Waals surface area contributed by atoms with Gasteiger partial charge in [-0.05, 0) is 51.8 Å². The summed E-state index contributed by atoms with van der Waals surface area (Å²) in [6, 6.07) is 0.149. The Morgan fingerprint density at radius 1 is 1.41 bits per heavy atom. The number of rotatable bonds is 6. The van der Waals surface area contributed by atoms with Crippen LogP contribution in [0.1, 0.15) is 40.0 Å². The van der Waals surface area contributed by atoms with Gasteiger partial charge < -0.3 is 24.4 Å². The van der Waals surface area contributed by atoms with Crippen molar-refractivity contribution in [2.45, 2.75) is 64.0 Å². The van der Waals surface area contributed by atoms with E-state index in [1.165, 1.54) is 6.08 Å². The summed E-state index contributed by atoms with van der Waals surface area (Å²) in [4.78, 5) is 16.0. The number of hydrogen-bond acceptors (Lipinski definition) is 5. The van der Waals surface area contributed by atoms with E-state index in [1.54, 1.807) is 24.1 Å². The van der Waals surface area contributed by atoms with Crippen LogP contribution in [0.25, 0.3) is 0 Å². The molecule has 1 heterocycles. The fraction of sp³-hybridized carbons (Fsp3) is 0.750. The van der Waals surface area contributed by atoms with Crippen molar-refractivity contribution >= 4 is 6.09 Å². The third kappa shape index (κ3) is 7.50. The van der Waals surface area contributed by atoms with Gasteiger partial charge in [-0.2, -0.15) is 0 Å². The highest BCUT2D eigenvalue weighted by atomic mass is 19.1. The van der Waals surface area contributed by atoms with Gasteiger partial charge in [0.25, 0.3) is 0 Å². The van der Waals surface area contributed by atoms with E-state index >= 15 is 0 Å². The molecule has 6 nitrogen and oxygen atoms in total. The Kier molecular flexibility index (Phi) is 7.68. The van der Waals surface area contributed by atoms with Gasteiger partial charge in [-0.15, -0.1) is 0 Å². The lowest BCUT2D eigenvalue weighted by atomic mass is 10.0. The van der Waals surface area contributed by atoms with Gasteiger partial charge in [0.15, 0.2) is 0 Å². The topological polar surface area (TPSA) is 62.2 Å². The summed E-state index contributed by atoms with van der Waals surface area (Å²) in [6.07, 6.45) is 4.94. The Hall–Kier alpha value is -1.60. The predicted octanol–water partition coefficient (Wildman–Crippen LogP) is 2.88. The minimum absolute atomic E-state index is 0.149. The number of carbonyl (C=O) groups excluding carboxylic acids is 1. The Balaban J connectivity index is 1.68. The summed E-state index contributed by atoms with van der Waals surface area (Å²) >= 11 is 0. The Morgan fingerprint density at radius 2 is 2.07 bits per heavy atom. The van der Waals surface area contributed by atoms with Crippen molar-refractivity contribution in [1.82, 2.24) is 9.80 Å². The molecule has 27 heavy (non-hydrogen) atoms. The summed E-state index contributed by atoms with van der Waals surface area (Å²) in [6.45, 7) is 7.90. The van der Waals surface area contributed by atoms with Gasteiger partial charge in [0.1, 0.15) is 30.2 Å². The maximum atomic E-state index is 13.0. The maximum Gasteiger partial charge on any atom is 0.410 e. The molecule has 1 N–H and O–H groups in total. The van der Waals surface area contributed by atoms with Crippen molar-refractivity contribution in [3.05, 3.63) is 24.0 Å². The minimum atomic E-state index is -0.942. The molecule has 1 saturated heterocycles. The van der Waals surface area contributed by atoms with E-state index in [0.29, 0.717) is 18.7 Å². The molecule has 0 aromatic carbocycles. The van der Waals surface area contributed by atoms with Crippen LogP contribution in [0.5, 0.6) is 0 Å². The molecule has 7 heteroatoms. The zero-order valence-electron chi connectivity index (χ0n) is 16.9. The third-order valence-corrected chi connectivity index (χ3v) is 4.71. The lowest BCUT2D eigenvalue weighted by Gasteiger charge is -2.37. The number of carbonyl (C=O) groups is 1. The third-order valence-electron chi connectivity index (χ3n) is 4.71. The molecular weight excluding hydrogens is 351 g/mol. The van der Waals surface area contributed by atoms with Gasteiger partial charge in [0.2, 0.25) is 0 Å². The van der Waals surface area contributed by atoms with Crippen molar-refractivity contribution in [2.24, 2.45) is 0 Å². The summed E-state index contributed by atoms with van der Waals surface area (Å²) < 4.78 is 24.0. The molecule has 2 rings (SSSR count). The van der Waals surface area contributed by atoms with Gasteiger partial charge in [-0.25, -0.2) is 9.18 Å². The lowest BCUT2D eigenvalue weighted by molar-refractivity contribution is 0.00796. The Labute approximate surface area is 161 Å². The van der Waals surface area contributed by atoms with E-state index in [0.717, 1.165) is 25.9 Å². The summed E-state index contributed by atoms with van der Waals surface area (Å²) in [7, 11) is 1.78. The molecule has 2 unspecified atom stereocenters. The molecule has 154 valence electrons. The number of halogens is 1. The molecule has 1 aliphatic carbocycles. The number of piperidine rings is 1. The molecule has 0 aromatic heterocycles. The van der Waals surface area contributed by atoms with E-state index in [2.05, 4.69) is 4.90 Å². The van der Waals surface area contributed by atoms with Crippen molar-refractivity contribution in [2.75, 3.05) is 33.3 Å². The first-order chi connectivity index (χ1) is 12.6. The smallest absolute Gasteiger partial charge is 0.410 e. The highest BCUT2D eigenvalue weighted by molar-refractivity contribution is 5.68. The number of allylic oxidation sites excluding steroid dienone is 3. The summed E-state index contributed by atoms with van der Waals surface area (Å²) in [5.41, 5.74) is -0.496. The summed E-state index contributed by atoms with van der Waals surface area (Å²) in [5.74, 6) is 0.612. The van der Waals surface area contributed by atoms with Gasteiger partial charge in [-0.3, -0.25) is 0 Å². The van der Waals surface area contributed by atoms with Gasteiger partial charge in [0, 0.05) is 39.1 Å². The molecule has 0 saturated carbocycles. The number of nitrogens with zero attached hydrogens (tertiary/aromatic N) is 2. The maximum absolute atomic E-state index is 13.0. The number of amides is 1. The van der Waals surface area contributed by atoms with Crippen LogP contribution in [0.4, 0.5) is 9.18 Å². The second-order valence-electron chi connectivity index (χ2n) is 8.31. The number of likely N-dealkylation sites (tertiary alicyclic amines) is 1. The lowest BCUT2D eigenvalue weighted by Crippen LogP contribution is -2.48. The highest BCUT2D eigenvalue weighted by Crippen LogP contribution is 2.19. The molecule has 0 spiro atoms. The molecule has 0 radical (unpaired) electrons. The van der Waals surface area contributed by atoms with Crippen LogP contribution < -0.4 is 0 Å². The number of hydrogen-bond donors (Lipinski definition) is 1. The van der Waals surface area contributed by atoms with Crippen LogP contribution in [-0.2, 0) is 9.47 Å². The van der Waals surface area contributed by atoms with Crippen LogP contribution in [0.2, 0.25) is 0 Å². The molecule has 0 bridgehead atoms. The standard InChI is InChI=1S/C20H33FN2O4/c1-20(2,3)27-19(25)22(4)16-9-11-23(12-10-16)13-17(24)14-26-18-7-5-15(21)6-8-18/h5,7-8,15-17,24H,6,9-14H2,1-4H3. The predicted molar refractivity (Wildman–Crippen MR) is 102 cm³/mol. The second kappa shape index (κ2) is 9.55. The molecule has 2 aliphatic rings. The van der Waals surface area contributed by atoms with Crippen molar-refractivity contribution < 1.29 is 23.8 Å². The normalized spacial score (nSPS) is 22.9. The minimum Gasteiger partial charge on any atom is -0.491 e. The van der Waals surface area contributed by atoms with Crippen LogP contribution in [0.15, 0.2) is 24.0 Å². The average Bonchev–Trinajstić information content (AvgIpc) is 2.60. The van der Waals surface area contributed by atoms with Gasteiger partial charge in [-0.1, -0.05) is 0 Å². The molecule has 1 amide bonds. The SMILES string of the molecule is CN(C(=O)OC(C)(C)C)C1CCN(CC(O)COC2=CCC(F)C=C2)CC1. The van der Waals surface area contributed by atoms with Crippen molar-refractivity contribution in [3.63, 3.8) is 0 Å². The largest absolute Gasteiger partial charge is 0.491 e. The van der Waals surface area contributed by atoms with Crippen LogP contribution in [-0.4, -0.2) is 78.2 Å². The van der Waals surface area contributed by atoms with E-state index in [-0.39, 0.29) is 18.7 Å². The fourth-order valence-electron chi connectivity index (χ4n) is 3.20. The van der Waals surface area contributed by atoms with Gasteiger partial charge >= 0.3 is 6.09 Å². The van der Waals surface area contributed by atoms with E-state index < -0.39 is 17.9 Å². The Bertz CT molecular complexity index is 551. The van der Waals surface area contributed by atoms with Crippen molar-refractivity contribution in [1.29, 1.82) is 0 Å². The average molecular weight is 384 g/mol. The number of aliphatic hydroxyl groups is 1. The van der Waals surface area contributed by atoms with E-state index in [9.17, 15) is 14.3 Å². The zero-order valence-corrected chi connectivity index (χ0v) is 16.9. The van der Waals surface area contributed by atoms with Gasteiger partial charge in [0.05, 0.1) is 0 Å². The van der Waals surface area contributed by atoms with Crippen molar-refractivity contribution in [3.8, 4) is 0 Å². The Morgan fingerprint density at radius 3 is 2.63 bits per heavy atom. The first-order valence-electron chi connectivity index (χ1n) is 9.65. The summed E-state index contributed by atoms with van der Waals surface area (Å²) in [5, 5.41) is 10.2. The van der Waals surface area contributed by atoms with E-state index in [4.69, 9.17) is 9.47 Å². The monoisotopic (exact) mass is 384 g/mol. The van der Waals surface area contributed by atoms with Crippen LogP contribution in [0.3, 0.4) is 0 Å². The molecular formula is C20H33FN2O4. The first kappa shape index (κ1) is 21.7. The fourth-order valence-corrected chi connectivity index (χ4v) is 3.20. The number of alkyl halides is 1. The first-order valence-corrected chi connectivity index (χ1v) is 9.65. The van der Waals surface area contributed by atoms with Crippen LogP contribution >= 0.6 is 0 Å². The number of β-amino-alcohol motifs (C(OH)–C–C–N with tert-alkyl or cyclic N) is 1. The van der Waals surface area contributed by atoms with Crippen LogP contribution in [0, 0.1) is 0 Å². The molecule has 1 fully saturated rings. The second-order valence-corrected chi connectivity index (χ2v) is 8.31. The molecule has 1 aliphatic heterocycles. The number of ether oxygens (including phenoxy) is 2. The molecule has 0 aromatic rings. The highest BCUT2D eigenvalue weighted by Gasteiger charge is 2.29. The van der Waals surface area contributed by atoms with E-state index in [1.807, 2.05) is 20.8 Å². The quantitative estimate of drug-likeness (QED) is 0.763.